The van der Waals surface area contributed by atoms with Crippen LogP contribution < -0.4 is 5.73 Å². The molecule has 0 aromatic rings. The topological polar surface area (TPSA) is 35.2 Å². The number of nitrogens with two attached hydrogens (primary N) is 1. The SMILES string of the molecule is COCCC(C)C1(N)CCC(C)CC1. The van der Waals surface area contributed by atoms with Gasteiger partial charge in [-0.3, -0.25) is 0 Å². The minimum absolute atomic E-state index is 0.0883. The molecule has 0 bridgehead atoms. The summed E-state index contributed by atoms with van der Waals surface area (Å²) in [5, 5.41) is 0. The second-order valence-electron chi connectivity index (χ2n) is 5.10. The van der Waals surface area contributed by atoms with E-state index in [1.54, 1.807) is 7.11 Å². The van der Waals surface area contributed by atoms with Gasteiger partial charge >= 0.3 is 0 Å². The van der Waals surface area contributed by atoms with Crippen LogP contribution in [0.15, 0.2) is 0 Å². The van der Waals surface area contributed by atoms with Gasteiger partial charge < -0.3 is 10.5 Å². The third-order valence-electron chi connectivity index (χ3n) is 3.94. The van der Waals surface area contributed by atoms with Gasteiger partial charge in [-0.05, 0) is 43.9 Å². The van der Waals surface area contributed by atoms with Gasteiger partial charge in [-0.1, -0.05) is 13.8 Å². The maximum Gasteiger partial charge on any atom is 0.0465 e. The van der Waals surface area contributed by atoms with Crippen molar-refractivity contribution in [3.63, 3.8) is 0 Å². The van der Waals surface area contributed by atoms with Crippen LogP contribution in [0.1, 0.15) is 46.0 Å². The second-order valence-corrected chi connectivity index (χ2v) is 5.10. The Morgan fingerprint density at radius 1 is 1.43 bits per heavy atom. The zero-order chi connectivity index (χ0) is 10.6. The van der Waals surface area contributed by atoms with Gasteiger partial charge in [0.1, 0.15) is 0 Å². The summed E-state index contributed by atoms with van der Waals surface area (Å²) in [6, 6.07) is 0. The zero-order valence-corrected chi connectivity index (χ0v) is 9.88. The molecule has 1 aliphatic carbocycles. The summed E-state index contributed by atoms with van der Waals surface area (Å²) in [6.45, 7) is 5.45. The van der Waals surface area contributed by atoms with Crippen molar-refractivity contribution < 1.29 is 4.74 Å². The Morgan fingerprint density at radius 3 is 2.50 bits per heavy atom. The molecule has 0 saturated heterocycles. The van der Waals surface area contributed by atoms with Crippen LogP contribution in [0.25, 0.3) is 0 Å². The molecule has 0 spiro atoms. The molecular weight excluding hydrogens is 174 g/mol. The van der Waals surface area contributed by atoms with Crippen molar-refractivity contribution in [2.24, 2.45) is 17.6 Å². The molecule has 0 aliphatic heterocycles. The summed E-state index contributed by atoms with van der Waals surface area (Å²) in [5.74, 6) is 1.47. The molecule has 1 saturated carbocycles. The number of hydrogen-bond donors (Lipinski definition) is 1. The summed E-state index contributed by atoms with van der Waals surface area (Å²) in [5.41, 5.74) is 6.54. The predicted molar refractivity (Wildman–Crippen MR) is 60.2 cm³/mol. The van der Waals surface area contributed by atoms with Gasteiger partial charge in [0, 0.05) is 19.3 Å². The van der Waals surface area contributed by atoms with Crippen LogP contribution in [0.4, 0.5) is 0 Å². The molecule has 1 atom stereocenters. The zero-order valence-electron chi connectivity index (χ0n) is 9.88. The number of hydrogen-bond acceptors (Lipinski definition) is 2. The van der Waals surface area contributed by atoms with E-state index in [0.29, 0.717) is 5.92 Å². The van der Waals surface area contributed by atoms with E-state index in [2.05, 4.69) is 13.8 Å². The first-order chi connectivity index (χ1) is 6.58. The fraction of sp³-hybridized carbons (Fsp3) is 1.00. The average molecular weight is 199 g/mol. The molecule has 0 heterocycles. The standard InChI is InChI=1S/C12H25NO/c1-10-4-7-12(13,8-5-10)11(2)6-9-14-3/h10-11H,4-9,13H2,1-3H3. The third kappa shape index (κ3) is 2.96. The highest BCUT2D eigenvalue weighted by molar-refractivity contribution is 4.92. The molecule has 0 amide bonds. The third-order valence-corrected chi connectivity index (χ3v) is 3.94. The first-order valence-electron chi connectivity index (χ1n) is 5.86. The van der Waals surface area contributed by atoms with Gasteiger partial charge in [0.2, 0.25) is 0 Å². The molecule has 1 rings (SSSR count). The first kappa shape index (κ1) is 12.0. The van der Waals surface area contributed by atoms with Crippen LogP contribution in [0.3, 0.4) is 0 Å². The smallest absolute Gasteiger partial charge is 0.0465 e. The lowest BCUT2D eigenvalue weighted by atomic mass is 9.70. The molecule has 0 aromatic carbocycles. The molecule has 0 radical (unpaired) electrons. The van der Waals surface area contributed by atoms with E-state index in [1.165, 1.54) is 25.7 Å². The van der Waals surface area contributed by atoms with Crippen LogP contribution in [-0.2, 0) is 4.74 Å². The van der Waals surface area contributed by atoms with Crippen molar-refractivity contribution >= 4 is 0 Å². The maximum atomic E-state index is 6.45. The van der Waals surface area contributed by atoms with Crippen molar-refractivity contribution in [2.75, 3.05) is 13.7 Å². The summed E-state index contributed by atoms with van der Waals surface area (Å²) < 4.78 is 5.11. The lowest BCUT2D eigenvalue weighted by Gasteiger charge is -2.41. The minimum Gasteiger partial charge on any atom is -0.385 e. The van der Waals surface area contributed by atoms with Crippen LogP contribution in [0.2, 0.25) is 0 Å². The molecule has 84 valence electrons. The average Bonchev–Trinajstić information content (AvgIpc) is 2.19. The van der Waals surface area contributed by atoms with E-state index in [-0.39, 0.29) is 5.54 Å². The van der Waals surface area contributed by atoms with Crippen molar-refractivity contribution in [3.8, 4) is 0 Å². The number of rotatable bonds is 4. The molecule has 0 aromatic heterocycles. The fourth-order valence-corrected chi connectivity index (χ4v) is 2.37. The largest absolute Gasteiger partial charge is 0.385 e. The van der Waals surface area contributed by atoms with Crippen LogP contribution in [-0.4, -0.2) is 19.3 Å². The van der Waals surface area contributed by atoms with E-state index in [4.69, 9.17) is 10.5 Å². The Balaban J connectivity index is 2.40. The van der Waals surface area contributed by atoms with Crippen molar-refractivity contribution in [1.82, 2.24) is 0 Å². The second kappa shape index (κ2) is 5.13. The Bertz CT molecular complexity index is 162. The summed E-state index contributed by atoms with van der Waals surface area (Å²) in [6.07, 6.45) is 6.08. The van der Waals surface area contributed by atoms with E-state index >= 15 is 0 Å². The highest BCUT2D eigenvalue weighted by Crippen LogP contribution is 2.36. The summed E-state index contributed by atoms with van der Waals surface area (Å²) in [7, 11) is 1.76. The van der Waals surface area contributed by atoms with Gasteiger partial charge in [0.25, 0.3) is 0 Å². The van der Waals surface area contributed by atoms with E-state index < -0.39 is 0 Å². The molecule has 1 fully saturated rings. The molecule has 2 heteroatoms. The molecule has 1 aliphatic rings. The first-order valence-corrected chi connectivity index (χ1v) is 5.86. The molecule has 14 heavy (non-hydrogen) atoms. The van der Waals surface area contributed by atoms with Crippen molar-refractivity contribution in [1.29, 1.82) is 0 Å². The quantitative estimate of drug-likeness (QED) is 0.755. The lowest BCUT2D eigenvalue weighted by molar-refractivity contribution is 0.125. The fourth-order valence-electron chi connectivity index (χ4n) is 2.37. The normalized spacial score (nSPS) is 35.6. The molecule has 2 N–H and O–H groups in total. The van der Waals surface area contributed by atoms with Gasteiger partial charge in [0.05, 0.1) is 0 Å². The molecular formula is C12H25NO. The monoisotopic (exact) mass is 199 g/mol. The molecule has 2 nitrogen and oxygen atoms in total. The maximum absolute atomic E-state index is 6.45. The van der Waals surface area contributed by atoms with Gasteiger partial charge in [-0.15, -0.1) is 0 Å². The number of methoxy groups -OCH3 is 1. The van der Waals surface area contributed by atoms with Crippen LogP contribution in [0.5, 0.6) is 0 Å². The van der Waals surface area contributed by atoms with E-state index in [1.807, 2.05) is 0 Å². The van der Waals surface area contributed by atoms with Crippen LogP contribution >= 0.6 is 0 Å². The minimum atomic E-state index is 0.0883. The van der Waals surface area contributed by atoms with Gasteiger partial charge in [0.15, 0.2) is 0 Å². The van der Waals surface area contributed by atoms with Gasteiger partial charge in [-0.2, -0.15) is 0 Å². The summed E-state index contributed by atoms with van der Waals surface area (Å²) >= 11 is 0. The van der Waals surface area contributed by atoms with Crippen LogP contribution in [0, 0.1) is 11.8 Å². The highest BCUT2D eigenvalue weighted by Gasteiger charge is 2.34. The van der Waals surface area contributed by atoms with Crippen molar-refractivity contribution in [2.45, 2.75) is 51.5 Å². The lowest BCUT2D eigenvalue weighted by Crippen LogP contribution is -2.48. The Labute approximate surface area is 88.2 Å². The highest BCUT2D eigenvalue weighted by atomic mass is 16.5. The van der Waals surface area contributed by atoms with Gasteiger partial charge in [-0.25, -0.2) is 0 Å². The Morgan fingerprint density at radius 2 is 2.00 bits per heavy atom. The Hall–Kier alpha value is -0.0800. The predicted octanol–water partition coefficient (Wildman–Crippen LogP) is 2.57. The number of ether oxygens (including phenoxy) is 1. The van der Waals surface area contributed by atoms with Crippen molar-refractivity contribution in [3.05, 3.63) is 0 Å². The van der Waals surface area contributed by atoms with E-state index in [9.17, 15) is 0 Å². The van der Waals surface area contributed by atoms with E-state index in [0.717, 1.165) is 18.9 Å². The Kier molecular flexibility index (Phi) is 4.39. The summed E-state index contributed by atoms with van der Waals surface area (Å²) in [4.78, 5) is 0. The molecule has 1 unspecified atom stereocenters.